The Labute approximate surface area is 200 Å². The zero-order valence-electron chi connectivity index (χ0n) is 17.9. The average Bonchev–Trinajstić information content (AvgIpc) is 3.05. The number of unbranched alkanes of at least 4 members (excludes halogenated alkanes) is 2. The number of hydrogen-bond acceptors (Lipinski definition) is 6. The van der Waals surface area contributed by atoms with E-state index >= 15 is 0 Å². The highest BCUT2D eigenvalue weighted by Crippen LogP contribution is 2.35. The first-order valence-corrected chi connectivity index (χ1v) is 12.5. The van der Waals surface area contributed by atoms with E-state index in [1.165, 1.54) is 27.9 Å². The van der Waals surface area contributed by atoms with E-state index in [0.717, 1.165) is 29.7 Å². The van der Waals surface area contributed by atoms with Crippen molar-refractivity contribution in [3.8, 4) is 0 Å². The molecule has 4 rings (SSSR count). The van der Waals surface area contributed by atoms with Gasteiger partial charge in [-0.15, -0.1) is 0 Å². The summed E-state index contributed by atoms with van der Waals surface area (Å²) >= 11 is 8.11. The van der Waals surface area contributed by atoms with Crippen molar-refractivity contribution in [2.24, 2.45) is 0 Å². The maximum Gasteiger partial charge on any atom is 0.266 e. The fraction of sp³-hybridized carbons (Fsp3) is 0.250. The molecule has 164 valence electrons. The number of benzene rings is 1. The molecule has 3 aromatic rings. The Hall–Kier alpha value is -2.42. The molecule has 1 amide bonds. The molecule has 1 aliphatic heterocycles. The van der Waals surface area contributed by atoms with Crippen molar-refractivity contribution in [3.05, 3.63) is 75.0 Å². The van der Waals surface area contributed by atoms with Crippen molar-refractivity contribution < 1.29 is 4.79 Å². The Morgan fingerprint density at radius 1 is 1.12 bits per heavy atom. The van der Waals surface area contributed by atoms with Crippen LogP contribution >= 0.6 is 35.7 Å². The molecule has 0 saturated carbocycles. The van der Waals surface area contributed by atoms with Gasteiger partial charge in [0.15, 0.2) is 0 Å². The molecule has 0 bridgehead atoms. The summed E-state index contributed by atoms with van der Waals surface area (Å²) in [5.41, 5.74) is 1.73. The van der Waals surface area contributed by atoms with E-state index in [0.29, 0.717) is 32.0 Å². The second-order valence-corrected chi connectivity index (χ2v) is 10.3. The number of fused-ring (bicyclic) bond motifs is 1. The number of aryl methyl sites for hydroxylation is 1. The summed E-state index contributed by atoms with van der Waals surface area (Å²) in [5, 5.41) is 0.571. The number of amides is 1. The molecule has 8 heteroatoms. The fourth-order valence-corrected chi connectivity index (χ4v) is 5.59. The first-order valence-electron chi connectivity index (χ1n) is 10.5. The lowest BCUT2D eigenvalue weighted by Gasteiger charge is -2.13. The van der Waals surface area contributed by atoms with E-state index in [9.17, 15) is 9.59 Å². The van der Waals surface area contributed by atoms with Gasteiger partial charge >= 0.3 is 0 Å². The number of carbonyl (C=O) groups is 1. The Kier molecular flexibility index (Phi) is 7.13. The van der Waals surface area contributed by atoms with Gasteiger partial charge in [0.25, 0.3) is 11.5 Å². The molecule has 1 saturated heterocycles. The summed E-state index contributed by atoms with van der Waals surface area (Å²) < 4.78 is 2.08. The zero-order chi connectivity index (χ0) is 22.7. The van der Waals surface area contributed by atoms with Gasteiger partial charge in [-0.05, 0) is 43.2 Å². The summed E-state index contributed by atoms with van der Waals surface area (Å²) in [6.07, 6.45) is 6.46. The third-order valence-electron chi connectivity index (χ3n) is 5.06. The highest BCUT2D eigenvalue weighted by atomic mass is 32.2. The summed E-state index contributed by atoms with van der Waals surface area (Å²) in [6.45, 7) is 4.66. The lowest BCUT2D eigenvalue weighted by Crippen LogP contribution is -2.29. The molecule has 1 fully saturated rings. The number of thiocarbonyl (C=S) groups is 1. The molecule has 3 heterocycles. The van der Waals surface area contributed by atoms with Crippen molar-refractivity contribution in [2.75, 3.05) is 6.54 Å². The molecule has 0 N–H and O–H groups in total. The van der Waals surface area contributed by atoms with E-state index < -0.39 is 0 Å². The SMILES string of the molecule is CCCCCN1C(=O)/C(=C/c2c(Sc3ccccc3)nc3ccc(C)cn3c2=O)SC1=S. The highest BCUT2D eigenvalue weighted by Gasteiger charge is 2.32. The Morgan fingerprint density at radius 3 is 2.66 bits per heavy atom. The largest absolute Gasteiger partial charge is 0.293 e. The maximum atomic E-state index is 13.5. The van der Waals surface area contributed by atoms with Crippen LogP contribution < -0.4 is 5.56 Å². The lowest BCUT2D eigenvalue weighted by atomic mass is 10.2. The number of nitrogens with zero attached hydrogens (tertiary/aromatic N) is 3. The van der Waals surface area contributed by atoms with Gasteiger partial charge in [0.05, 0.1) is 10.5 Å². The summed E-state index contributed by atoms with van der Waals surface area (Å²) in [5.74, 6) is -0.138. The number of thioether (sulfide) groups is 1. The van der Waals surface area contributed by atoms with Crippen LogP contribution in [0.2, 0.25) is 0 Å². The molecule has 1 aliphatic rings. The molecular formula is C24H23N3O2S3. The molecule has 5 nitrogen and oxygen atoms in total. The lowest BCUT2D eigenvalue weighted by molar-refractivity contribution is -0.122. The summed E-state index contributed by atoms with van der Waals surface area (Å²) in [6, 6.07) is 13.5. The van der Waals surface area contributed by atoms with E-state index in [2.05, 4.69) is 6.92 Å². The van der Waals surface area contributed by atoms with Crippen LogP contribution in [-0.2, 0) is 4.79 Å². The predicted octanol–water partition coefficient (Wildman–Crippen LogP) is 5.55. The number of rotatable bonds is 7. The minimum Gasteiger partial charge on any atom is -0.293 e. The van der Waals surface area contributed by atoms with Crippen LogP contribution in [-0.4, -0.2) is 31.1 Å². The van der Waals surface area contributed by atoms with Crippen molar-refractivity contribution >= 4 is 57.7 Å². The van der Waals surface area contributed by atoms with Gasteiger partial charge < -0.3 is 0 Å². The molecule has 32 heavy (non-hydrogen) atoms. The van der Waals surface area contributed by atoms with Crippen molar-refractivity contribution in [1.29, 1.82) is 0 Å². The average molecular weight is 482 g/mol. The van der Waals surface area contributed by atoms with Gasteiger partial charge in [-0.25, -0.2) is 4.98 Å². The number of pyridine rings is 1. The quantitative estimate of drug-likeness (QED) is 0.191. The molecular weight excluding hydrogens is 458 g/mol. The monoisotopic (exact) mass is 481 g/mol. The van der Waals surface area contributed by atoms with E-state index in [-0.39, 0.29) is 11.5 Å². The van der Waals surface area contributed by atoms with Gasteiger partial charge in [0.2, 0.25) is 0 Å². The highest BCUT2D eigenvalue weighted by molar-refractivity contribution is 8.26. The number of carbonyl (C=O) groups excluding carboxylic acids is 1. The molecule has 0 aliphatic carbocycles. The van der Waals surface area contributed by atoms with Crippen LogP contribution in [0.15, 0.2) is 68.3 Å². The molecule has 0 radical (unpaired) electrons. The summed E-state index contributed by atoms with van der Waals surface area (Å²) in [4.78, 5) is 34.3. The van der Waals surface area contributed by atoms with Crippen LogP contribution in [0.3, 0.4) is 0 Å². The third-order valence-corrected chi connectivity index (χ3v) is 7.45. The van der Waals surface area contributed by atoms with Gasteiger partial charge in [0.1, 0.15) is 15.0 Å². The van der Waals surface area contributed by atoms with Crippen molar-refractivity contribution in [2.45, 2.75) is 43.0 Å². The van der Waals surface area contributed by atoms with Crippen LogP contribution in [0.1, 0.15) is 37.3 Å². The van der Waals surface area contributed by atoms with Crippen molar-refractivity contribution in [3.63, 3.8) is 0 Å². The smallest absolute Gasteiger partial charge is 0.266 e. The standard InChI is InChI=1S/C24H23N3O2S3/c1-3-4-8-13-26-23(29)19(32-24(26)30)14-18-21(31-17-9-6-5-7-10-17)25-20-12-11-16(2)15-27(20)22(18)28/h5-7,9-12,14-15H,3-4,8,13H2,1-2H3/b19-14-. The van der Waals surface area contributed by atoms with E-state index in [4.69, 9.17) is 17.2 Å². The Morgan fingerprint density at radius 2 is 1.91 bits per heavy atom. The second-order valence-electron chi connectivity index (χ2n) is 7.53. The van der Waals surface area contributed by atoms with Crippen LogP contribution in [0.5, 0.6) is 0 Å². The van der Waals surface area contributed by atoms with Crippen LogP contribution in [0.25, 0.3) is 11.7 Å². The van der Waals surface area contributed by atoms with Crippen LogP contribution in [0, 0.1) is 6.92 Å². The Bertz CT molecular complexity index is 1270. The summed E-state index contributed by atoms with van der Waals surface area (Å²) in [7, 11) is 0. The van der Waals surface area contributed by atoms with Gasteiger partial charge in [-0.2, -0.15) is 0 Å². The van der Waals surface area contributed by atoms with Crippen LogP contribution in [0.4, 0.5) is 0 Å². The molecule has 0 atom stereocenters. The van der Waals surface area contributed by atoms with E-state index in [1.54, 1.807) is 17.2 Å². The minimum absolute atomic E-state index is 0.138. The number of hydrogen-bond donors (Lipinski definition) is 0. The molecule has 0 unspecified atom stereocenters. The molecule has 0 spiro atoms. The molecule has 2 aromatic heterocycles. The minimum atomic E-state index is -0.201. The predicted molar refractivity (Wildman–Crippen MR) is 136 cm³/mol. The first-order chi connectivity index (χ1) is 15.5. The number of aromatic nitrogens is 2. The maximum absolute atomic E-state index is 13.5. The van der Waals surface area contributed by atoms with Gasteiger partial charge in [-0.1, -0.05) is 79.8 Å². The van der Waals surface area contributed by atoms with E-state index in [1.807, 2.05) is 49.4 Å². The fourth-order valence-electron chi connectivity index (χ4n) is 3.38. The third kappa shape index (κ3) is 4.82. The second kappa shape index (κ2) is 10.0. The van der Waals surface area contributed by atoms with Crippen molar-refractivity contribution in [1.82, 2.24) is 14.3 Å². The van der Waals surface area contributed by atoms with Gasteiger partial charge in [0, 0.05) is 17.6 Å². The first kappa shape index (κ1) is 22.8. The topological polar surface area (TPSA) is 54.7 Å². The molecule has 1 aromatic carbocycles. The zero-order valence-corrected chi connectivity index (χ0v) is 20.4. The Balaban J connectivity index is 1.79. The van der Waals surface area contributed by atoms with Gasteiger partial charge in [-0.3, -0.25) is 18.9 Å². The normalized spacial score (nSPS) is 15.3.